The van der Waals surface area contributed by atoms with Crippen molar-refractivity contribution in [2.75, 3.05) is 0 Å². The molecular formula is C15H28BrN3. The fourth-order valence-electron chi connectivity index (χ4n) is 2.14. The van der Waals surface area contributed by atoms with Gasteiger partial charge in [-0.1, -0.05) is 20.8 Å². The highest BCUT2D eigenvalue weighted by molar-refractivity contribution is 9.10. The zero-order valence-electron chi connectivity index (χ0n) is 13.0. The van der Waals surface area contributed by atoms with Crippen LogP contribution >= 0.6 is 15.9 Å². The molecule has 0 saturated heterocycles. The summed E-state index contributed by atoms with van der Waals surface area (Å²) in [7, 11) is 0. The van der Waals surface area contributed by atoms with Gasteiger partial charge < -0.3 is 5.32 Å². The van der Waals surface area contributed by atoms with Gasteiger partial charge in [0.05, 0.1) is 15.9 Å². The number of hydrogen-bond acceptors (Lipinski definition) is 2. The lowest BCUT2D eigenvalue weighted by Crippen LogP contribution is -2.27. The van der Waals surface area contributed by atoms with Crippen LogP contribution in [0.1, 0.15) is 58.8 Å². The van der Waals surface area contributed by atoms with Crippen LogP contribution in [0.4, 0.5) is 0 Å². The maximum Gasteiger partial charge on any atom is 0.0767 e. The van der Waals surface area contributed by atoms with Gasteiger partial charge in [-0.3, -0.25) is 4.68 Å². The van der Waals surface area contributed by atoms with Crippen molar-refractivity contribution in [1.29, 1.82) is 0 Å². The smallest absolute Gasteiger partial charge is 0.0767 e. The average molecular weight is 330 g/mol. The molecule has 3 nitrogen and oxygen atoms in total. The van der Waals surface area contributed by atoms with E-state index in [4.69, 9.17) is 0 Å². The van der Waals surface area contributed by atoms with E-state index < -0.39 is 0 Å². The zero-order chi connectivity index (χ0) is 14.4. The summed E-state index contributed by atoms with van der Waals surface area (Å²) in [5, 5.41) is 8.25. The highest BCUT2D eigenvalue weighted by atomic mass is 79.9. The van der Waals surface area contributed by atoms with E-state index in [0.29, 0.717) is 6.04 Å². The van der Waals surface area contributed by atoms with Crippen LogP contribution in [0, 0.1) is 5.92 Å². The molecule has 0 radical (unpaired) electrons. The maximum atomic E-state index is 4.63. The monoisotopic (exact) mass is 329 g/mol. The van der Waals surface area contributed by atoms with E-state index in [0.717, 1.165) is 31.1 Å². The third-order valence-electron chi connectivity index (χ3n) is 3.49. The van der Waals surface area contributed by atoms with Crippen LogP contribution in [0.5, 0.6) is 0 Å². The first-order chi connectivity index (χ1) is 8.99. The second-order valence-corrected chi connectivity index (χ2v) is 6.42. The van der Waals surface area contributed by atoms with Crippen LogP contribution in [0.15, 0.2) is 4.47 Å². The summed E-state index contributed by atoms with van der Waals surface area (Å²) in [5.41, 5.74) is 2.43. The molecule has 1 unspecified atom stereocenters. The molecule has 1 rings (SSSR count). The topological polar surface area (TPSA) is 29.9 Å². The molecule has 0 bridgehead atoms. The first kappa shape index (κ1) is 16.7. The summed E-state index contributed by atoms with van der Waals surface area (Å²) in [6, 6.07) is 0.555. The molecule has 0 aliphatic carbocycles. The minimum atomic E-state index is 0.555. The Morgan fingerprint density at radius 2 is 1.89 bits per heavy atom. The number of rotatable bonds is 8. The third-order valence-corrected chi connectivity index (χ3v) is 4.40. The SMILES string of the molecule is CCc1nn(CC)c(CNC(C)CCC(C)C)c1Br. The summed E-state index contributed by atoms with van der Waals surface area (Å²) < 4.78 is 3.28. The van der Waals surface area contributed by atoms with E-state index in [9.17, 15) is 0 Å². The zero-order valence-corrected chi connectivity index (χ0v) is 14.5. The minimum Gasteiger partial charge on any atom is -0.309 e. The van der Waals surface area contributed by atoms with Crippen molar-refractivity contribution in [2.24, 2.45) is 5.92 Å². The normalized spacial score (nSPS) is 13.2. The van der Waals surface area contributed by atoms with Gasteiger partial charge in [0.25, 0.3) is 0 Å². The highest BCUT2D eigenvalue weighted by Crippen LogP contribution is 2.22. The number of nitrogens with zero attached hydrogens (tertiary/aromatic N) is 2. The lowest BCUT2D eigenvalue weighted by molar-refractivity contribution is 0.441. The lowest BCUT2D eigenvalue weighted by atomic mass is 10.0. The summed E-state index contributed by atoms with van der Waals surface area (Å²) in [6.07, 6.45) is 3.49. The molecule has 1 N–H and O–H groups in total. The summed E-state index contributed by atoms with van der Waals surface area (Å²) in [5.74, 6) is 0.781. The van der Waals surface area contributed by atoms with Crippen molar-refractivity contribution < 1.29 is 0 Å². The average Bonchev–Trinajstić information content (AvgIpc) is 2.69. The summed E-state index contributed by atoms with van der Waals surface area (Å²) in [4.78, 5) is 0. The molecule has 0 aromatic carbocycles. The lowest BCUT2D eigenvalue weighted by Gasteiger charge is -2.15. The van der Waals surface area contributed by atoms with Crippen LogP contribution in [0.25, 0.3) is 0 Å². The second-order valence-electron chi connectivity index (χ2n) is 5.63. The predicted octanol–water partition coefficient (Wildman–Crippen LogP) is 4.14. The Morgan fingerprint density at radius 3 is 2.42 bits per heavy atom. The Morgan fingerprint density at radius 1 is 1.21 bits per heavy atom. The Labute approximate surface area is 126 Å². The third kappa shape index (κ3) is 4.92. The van der Waals surface area contributed by atoms with Crippen molar-refractivity contribution in [3.05, 3.63) is 15.9 Å². The van der Waals surface area contributed by atoms with E-state index in [-0.39, 0.29) is 0 Å². The molecule has 19 heavy (non-hydrogen) atoms. The van der Waals surface area contributed by atoms with Gasteiger partial charge in [0.1, 0.15) is 0 Å². The highest BCUT2D eigenvalue weighted by Gasteiger charge is 2.14. The van der Waals surface area contributed by atoms with E-state index in [1.165, 1.54) is 23.0 Å². The molecule has 1 aromatic heterocycles. The maximum absolute atomic E-state index is 4.63. The van der Waals surface area contributed by atoms with Crippen LogP contribution in [0.3, 0.4) is 0 Å². The van der Waals surface area contributed by atoms with Gasteiger partial charge in [0.15, 0.2) is 0 Å². The molecule has 1 atom stereocenters. The largest absolute Gasteiger partial charge is 0.309 e. The Hall–Kier alpha value is -0.350. The summed E-state index contributed by atoms with van der Waals surface area (Å²) in [6.45, 7) is 12.9. The molecular weight excluding hydrogens is 302 g/mol. The number of halogens is 1. The van der Waals surface area contributed by atoms with Crippen molar-refractivity contribution in [3.63, 3.8) is 0 Å². The van der Waals surface area contributed by atoms with Gasteiger partial charge in [-0.05, 0) is 55.0 Å². The van der Waals surface area contributed by atoms with Crippen molar-refractivity contribution in [1.82, 2.24) is 15.1 Å². The minimum absolute atomic E-state index is 0.555. The molecule has 0 amide bonds. The van der Waals surface area contributed by atoms with Gasteiger partial charge in [-0.25, -0.2) is 0 Å². The molecule has 4 heteroatoms. The molecule has 110 valence electrons. The van der Waals surface area contributed by atoms with E-state index in [1.54, 1.807) is 0 Å². The second kappa shape index (κ2) is 8.05. The van der Waals surface area contributed by atoms with Crippen LogP contribution in [0.2, 0.25) is 0 Å². The molecule has 0 saturated carbocycles. The first-order valence-corrected chi connectivity index (χ1v) is 8.26. The van der Waals surface area contributed by atoms with Crippen LogP contribution in [-0.2, 0) is 19.5 Å². The Bertz CT molecular complexity index is 385. The van der Waals surface area contributed by atoms with Gasteiger partial charge >= 0.3 is 0 Å². The van der Waals surface area contributed by atoms with Gasteiger partial charge in [-0.2, -0.15) is 5.10 Å². The molecule has 0 fully saturated rings. The van der Waals surface area contributed by atoms with E-state index in [1.807, 2.05) is 0 Å². The van der Waals surface area contributed by atoms with Crippen molar-refractivity contribution >= 4 is 15.9 Å². The molecule has 0 spiro atoms. The predicted molar refractivity (Wildman–Crippen MR) is 85.4 cm³/mol. The number of nitrogens with one attached hydrogen (secondary N) is 1. The van der Waals surface area contributed by atoms with E-state index >= 15 is 0 Å². The van der Waals surface area contributed by atoms with Crippen LogP contribution < -0.4 is 5.32 Å². The van der Waals surface area contributed by atoms with Gasteiger partial charge in [0.2, 0.25) is 0 Å². The summed E-state index contributed by atoms with van der Waals surface area (Å²) >= 11 is 3.69. The Kier molecular flexibility index (Phi) is 7.08. The number of aromatic nitrogens is 2. The van der Waals surface area contributed by atoms with Crippen LogP contribution in [-0.4, -0.2) is 15.8 Å². The quantitative estimate of drug-likeness (QED) is 0.776. The molecule has 0 aliphatic heterocycles. The van der Waals surface area contributed by atoms with E-state index in [2.05, 4.69) is 65.6 Å². The van der Waals surface area contributed by atoms with Gasteiger partial charge in [-0.15, -0.1) is 0 Å². The molecule has 0 aliphatic rings. The standard InChI is InChI=1S/C15H28BrN3/c1-6-13-15(16)14(19(7-2)18-13)10-17-12(5)9-8-11(3)4/h11-12,17H,6-10H2,1-5H3. The Balaban J connectivity index is 2.59. The van der Waals surface area contributed by atoms with Gasteiger partial charge in [0, 0.05) is 19.1 Å². The number of aryl methyl sites for hydroxylation is 2. The molecule has 1 aromatic rings. The van der Waals surface area contributed by atoms with Crippen molar-refractivity contribution in [2.45, 2.75) is 73.0 Å². The fraction of sp³-hybridized carbons (Fsp3) is 0.800. The van der Waals surface area contributed by atoms with Crippen molar-refractivity contribution in [3.8, 4) is 0 Å². The first-order valence-electron chi connectivity index (χ1n) is 7.46. The fourth-order valence-corrected chi connectivity index (χ4v) is 2.85. The molecule has 1 heterocycles. The number of hydrogen-bond donors (Lipinski definition) is 1.